The van der Waals surface area contributed by atoms with Crippen molar-refractivity contribution in [2.24, 2.45) is 11.7 Å². The van der Waals surface area contributed by atoms with Gasteiger partial charge in [0.15, 0.2) is 0 Å². The topological polar surface area (TPSA) is 89.6 Å². The lowest BCUT2D eigenvalue weighted by atomic mass is 9.99. The number of rotatable bonds is 7. The molecule has 20 heavy (non-hydrogen) atoms. The van der Waals surface area contributed by atoms with E-state index in [0.29, 0.717) is 0 Å². The Bertz CT molecular complexity index is 444. The summed E-state index contributed by atoms with van der Waals surface area (Å²) in [5, 5.41) is 8.58. The number of ether oxygens (including phenoxy) is 1. The van der Waals surface area contributed by atoms with Crippen molar-refractivity contribution >= 4 is 11.9 Å². The van der Waals surface area contributed by atoms with E-state index in [0.717, 1.165) is 5.56 Å². The second-order valence-corrected chi connectivity index (χ2v) is 5.05. The highest BCUT2D eigenvalue weighted by molar-refractivity contribution is 5.77. The Morgan fingerprint density at radius 2 is 1.85 bits per heavy atom. The number of aliphatic carboxylic acids is 1. The van der Waals surface area contributed by atoms with Crippen LogP contribution in [0.15, 0.2) is 30.3 Å². The van der Waals surface area contributed by atoms with Crippen LogP contribution in [0, 0.1) is 5.92 Å². The Balaban J connectivity index is 2.67. The lowest BCUT2D eigenvalue weighted by molar-refractivity contribution is -0.153. The third-order valence-electron chi connectivity index (χ3n) is 2.95. The highest BCUT2D eigenvalue weighted by Gasteiger charge is 2.24. The van der Waals surface area contributed by atoms with Crippen LogP contribution in [0.3, 0.4) is 0 Å². The minimum Gasteiger partial charge on any atom is -0.481 e. The number of carbonyl (C=O) groups excluding carboxylic acids is 1. The first-order chi connectivity index (χ1) is 9.41. The van der Waals surface area contributed by atoms with E-state index in [-0.39, 0.29) is 24.9 Å². The first kappa shape index (κ1) is 16.2. The molecule has 1 rings (SSSR count). The van der Waals surface area contributed by atoms with Gasteiger partial charge in [0.05, 0.1) is 0 Å². The first-order valence-corrected chi connectivity index (χ1v) is 6.64. The molecule has 1 aromatic rings. The molecule has 5 nitrogen and oxygen atoms in total. The number of carboxylic acids is 1. The molecule has 0 aliphatic heterocycles. The molecule has 3 N–H and O–H groups in total. The van der Waals surface area contributed by atoms with Crippen molar-refractivity contribution in [1.82, 2.24) is 0 Å². The summed E-state index contributed by atoms with van der Waals surface area (Å²) in [7, 11) is 0. The number of carboxylic acid groups (broad SMARTS) is 1. The zero-order valence-corrected chi connectivity index (χ0v) is 11.8. The fraction of sp³-hybridized carbons (Fsp3) is 0.467. The number of benzene rings is 1. The van der Waals surface area contributed by atoms with Crippen molar-refractivity contribution in [2.75, 3.05) is 0 Å². The number of carbonyl (C=O) groups is 2. The highest BCUT2D eigenvalue weighted by Crippen LogP contribution is 2.26. The van der Waals surface area contributed by atoms with E-state index in [1.807, 2.05) is 44.2 Å². The van der Waals surface area contributed by atoms with Crippen molar-refractivity contribution < 1.29 is 19.4 Å². The predicted molar refractivity (Wildman–Crippen MR) is 75.0 cm³/mol. The second-order valence-electron chi connectivity index (χ2n) is 5.05. The second kappa shape index (κ2) is 7.65. The van der Waals surface area contributed by atoms with Gasteiger partial charge >= 0.3 is 11.9 Å². The van der Waals surface area contributed by atoms with Crippen LogP contribution in [-0.4, -0.2) is 23.1 Å². The lowest BCUT2D eigenvalue weighted by Gasteiger charge is -2.23. The van der Waals surface area contributed by atoms with Crippen LogP contribution in [0.2, 0.25) is 0 Å². The Morgan fingerprint density at radius 3 is 2.35 bits per heavy atom. The minimum atomic E-state index is -0.975. The number of esters is 1. The third-order valence-corrected chi connectivity index (χ3v) is 2.95. The zero-order valence-electron chi connectivity index (χ0n) is 11.8. The summed E-state index contributed by atoms with van der Waals surface area (Å²) in [5.74, 6) is -1.43. The summed E-state index contributed by atoms with van der Waals surface area (Å²) in [5.41, 5.74) is 6.56. The van der Waals surface area contributed by atoms with Gasteiger partial charge in [-0.05, 0) is 17.9 Å². The molecule has 0 radical (unpaired) electrons. The highest BCUT2D eigenvalue weighted by atomic mass is 16.5. The van der Waals surface area contributed by atoms with Crippen molar-refractivity contribution in [2.45, 2.75) is 38.8 Å². The molecule has 5 heteroatoms. The van der Waals surface area contributed by atoms with Crippen molar-refractivity contribution in [1.29, 1.82) is 0 Å². The van der Waals surface area contributed by atoms with E-state index in [9.17, 15) is 9.59 Å². The van der Waals surface area contributed by atoms with Gasteiger partial charge in [-0.1, -0.05) is 44.2 Å². The van der Waals surface area contributed by atoms with Crippen LogP contribution in [0.25, 0.3) is 0 Å². The van der Waals surface area contributed by atoms with Gasteiger partial charge in [-0.3, -0.25) is 9.59 Å². The van der Waals surface area contributed by atoms with Gasteiger partial charge in [0.2, 0.25) is 0 Å². The first-order valence-electron chi connectivity index (χ1n) is 6.64. The molecule has 110 valence electrons. The van der Waals surface area contributed by atoms with Gasteiger partial charge in [-0.2, -0.15) is 0 Å². The number of nitrogens with two attached hydrogens (primary N) is 1. The van der Waals surface area contributed by atoms with Gasteiger partial charge in [0.1, 0.15) is 12.1 Å². The van der Waals surface area contributed by atoms with Crippen LogP contribution >= 0.6 is 0 Å². The van der Waals surface area contributed by atoms with E-state index in [1.165, 1.54) is 0 Å². The average molecular weight is 279 g/mol. The molecule has 0 fully saturated rings. The van der Waals surface area contributed by atoms with E-state index in [1.54, 1.807) is 0 Å². The van der Waals surface area contributed by atoms with Crippen LogP contribution in [0.1, 0.15) is 38.4 Å². The Morgan fingerprint density at radius 1 is 1.25 bits per heavy atom. The average Bonchev–Trinajstić information content (AvgIpc) is 2.42. The van der Waals surface area contributed by atoms with Gasteiger partial charge in [0, 0.05) is 6.42 Å². The van der Waals surface area contributed by atoms with Gasteiger partial charge in [-0.25, -0.2) is 0 Å². The Hall–Kier alpha value is -1.88. The minimum absolute atomic E-state index is 0.0772. The molecule has 0 aromatic heterocycles. The smallest absolute Gasteiger partial charge is 0.323 e. The van der Waals surface area contributed by atoms with E-state index in [2.05, 4.69) is 0 Å². The van der Waals surface area contributed by atoms with Crippen LogP contribution in [-0.2, 0) is 14.3 Å². The standard InChI is InChI=1S/C15H21NO4/c1-10(2)14(11-6-4-3-5-7-11)20-15(19)12(16)8-9-13(17)18/h3-7,10,12,14H,8-9,16H2,1-2H3,(H,17,18)/t12?,14-/m1/s1. The largest absolute Gasteiger partial charge is 0.481 e. The van der Waals surface area contributed by atoms with Gasteiger partial charge < -0.3 is 15.6 Å². The monoisotopic (exact) mass is 279 g/mol. The lowest BCUT2D eigenvalue weighted by Crippen LogP contribution is -2.34. The summed E-state index contributed by atoms with van der Waals surface area (Å²) in [6, 6.07) is 8.52. The van der Waals surface area contributed by atoms with Crippen molar-refractivity contribution in [3.8, 4) is 0 Å². The van der Waals surface area contributed by atoms with E-state index >= 15 is 0 Å². The molecule has 0 saturated heterocycles. The number of hydrogen-bond acceptors (Lipinski definition) is 4. The zero-order chi connectivity index (χ0) is 15.1. The van der Waals surface area contributed by atoms with Crippen LogP contribution < -0.4 is 5.73 Å². The maximum Gasteiger partial charge on any atom is 0.323 e. The molecular weight excluding hydrogens is 258 g/mol. The maximum atomic E-state index is 11.9. The fourth-order valence-electron chi connectivity index (χ4n) is 1.84. The molecule has 0 heterocycles. The fourth-order valence-corrected chi connectivity index (χ4v) is 1.84. The summed E-state index contributed by atoms with van der Waals surface area (Å²) in [6.45, 7) is 3.90. The van der Waals surface area contributed by atoms with Crippen molar-refractivity contribution in [3.05, 3.63) is 35.9 Å². The maximum absolute atomic E-state index is 11.9. The Kier molecular flexibility index (Phi) is 6.18. The van der Waals surface area contributed by atoms with Crippen LogP contribution in [0.5, 0.6) is 0 Å². The Labute approximate surface area is 118 Å². The molecule has 0 amide bonds. The molecular formula is C15H21NO4. The molecule has 0 saturated carbocycles. The third kappa shape index (κ3) is 5.01. The molecule has 0 spiro atoms. The van der Waals surface area contributed by atoms with E-state index < -0.39 is 18.0 Å². The van der Waals surface area contributed by atoms with Crippen LogP contribution in [0.4, 0.5) is 0 Å². The van der Waals surface area contributed by atoms with Gasteiger partial charge in [-0.15, -0.1) is 0 Å². The quantitative estimate of drug-likeness (QED) is 0.746. The molecule has 1 aromatic carbocycles. The van der Waals surface area contributed by atoms with Gasteiger partial charge in [0.25, 0.3) is 0 Å². The van der Waals surface area contributed by atoms with Crippen molar-refractivity contribution in [3.63, 3.8) is 0 Å². The molecule has 2 atom stereocenters. The molecule has 0 bridgehead atoms. The predicted octanol–water partition coefficient (Wildman–Crippen LogP) is 2.12. The normalized spacial score (nSPS) is 13.8. The summed E-state index contributed by atoms with van der Waals surface area (Å²) in [4.78, 5) is 22.4. The summed E-state index contributed by atoms with van der Waals surface area (Å²) >= 11 is 0. The summed E-state index contributed by atoms with van der Waals surface area (Å²) in [6.07, 6.45) is -0.443. The number of hydrogen-bond donors (Lipinski definition) is 2. The molecule has 0 aliphatic rings. The molecule has 1 unspecified atom stereocenters. The summed E-state index contributed by atoms with van der Waals surface area (Å²) < 4.78 is 5.44. The SMILES string of the molecule is CC(C)[C@@H](OC(=O)C(N)CCC(=O)O)c1ccccc1. The van der Waals surface area contributed by atoms with E-state index in [4.69, 9.17) is 15.6 Å². The molecule has 0 aliphatic carbocycles.